The first-order valence-corrected chi connectivity index (χ1v) is 4.15. The van der Waals surface area contributed by atoms with E-state index in [1.165, 1.54) is 12.1 Å². The predicted octanol–water partition coefficient (Wildman–Crippen LogP) is 2.31. The Labute approximate surface area is 76.6 Å². The fourth-order valence-electron chi connectivity index (χ4n) is 1.14. The molecule has 0 unspecified atom stereocenters. The molecule has 0 aliphatic heterocycles. The van der Waals surface area contributed by atoms with Crippen molar-refractivity contribution < 1.29 is 9.18 Å². The first kappa shape index (κ1) is 9.71. The number of benzene rings is 1. The number of rotatable bonds is 2. The van der Waals surface area contributed by atoms with Gasteiger partial charge in [0.15, 0.2) is 5.78 Å². The number of carbonyl (C=O) groups is 1. The third-order valence-corrected chi connectivity index (χ3v) is 1.95. The number of nitrogen functional groups attached to an aromatic ring is 1. The number of aryl methyl sites for hydroxylation is 1. The number of ketones is 1. The van der Waals surface area contributed by atoms with Crippen LogP contribution in [0, 0.1) is 12.7 Å². The van der Waals surface area contributed by atoms with Crippen molar-refractivity contribution in [3.05, 3.63) is 29.1 Å². The number of nitrogens with two attached hydrogens (primary N) is 1. The van der Waals surface area contributed by atoms with Gasteiger partial charge >= 0.3 is 0 Å². The van der Waals surface area contributed by atoms with Crippen LogP contribution in [0.2, 0.25) is 0 Å². The van der Waals surface area contributed by atoms with Crippen molar-refractivity contribution in [1.82, 2.24) is 0 Å². The fraction of sp³-hybridized carbons (Fsp3) is 0.300. The van der Waals surface area contributed by atoms with Gasteiger partial charge in [-0.2, -0.15) is 0 Å². The Hall–Kier alpha value is -1.38. The molecule has 0 amide bonds. The molecule has 0 heterocycles. The van der Waals surface area contributed by atoms with E-state index in [0.717, 1.165) is 0 Å². The van der Waals surface area contributed by atoms with Crippen molar-refractivity contribution in [3.63, 3.8) is 0 Å². The topological polar surface area (TPSA) is 43.1 Å². The zero-order chi connectivity index (χ0) is 10.0. The second-order valence-corrected chi connectivity index (χ2v) is 2.97. The van der Waals surface area contributed by atoms with E-state index in [0.29, 0.717) is 17.7 Å². The van der Waals surface area contributed by atoms with E-state index in [9.17, 15) is 9.18 Å². The number of anilines is 1. The molecule has 2 N–H and O–H groups in total. The summed E-state index contributed by atoms with van der Waals surface area (Å²) in [6.45, 7) is 3.34. The molecule has 0 saturated carbocycles. The standard InChI is InChI=1S/C10H12FNO/c1-3-10(13)7-5-8(11)6(2)4-9(7)12/h4-5H,3,12H2,1-2H3. The van der Waals surface area contributed by atoms with Gasteiger partial charge in [-0.25, -0.2) is 4.39 Å². The average Bonchev–Trinajstić information content (AvgIpc) is 2.10. The molecule has 0 fully saturated rings. The molecule has 2 nitrogen and oxygen atoms in total. The van der Waals surface area contributed by atoms with Gasteiger partial charge in [0.05, 0.1) is 0 Å². The van der Waals surface area contributed by atoms with Crippen LogP contribution in [-0.2, 0) is 0 Å². The molecule has 0 bridgehead atoms. The molecule has 3 heteroatoms. The smallest absolute Gasteiger partial charge is 0.164 e. The van der Waals surface area contributed by atoms with Gasteiger partial charge in [-0.15, -0.1) is 0 Å². The first-order chi connectivity index (χ1) is 6.06. The second-order valence-electron chi connectivity index (χ2n) is 2.97. The molecular weight excluding hydrogens is 169 g/mol. The van der Waals surface area contributed by atoms with E-state index >= 15 is 0 Å². The largest absolute Gasteiger partial charge is 0.398 e. The Morgan fingerprint density at radius 3 is 2.69 bits per heavy atom. The zero-order valence-electron chi connectivity index (χ0n) is 7.73. The van der Waals surface area contributed by atoms with Gasteiger partial charge in [-0.1, -0.05) is 6.92 Å². The molecule has 0 atom stereocenters. The number of carbonyl (C=O) groups excluding carboxylic acids is 1. The lowest BCUT2D eigenvalue weighted by atomic mass is 10.0. The summed E-state index contributed by atoms with van der Waals surface area (Å²) in [6.07, 6.45) is 0.340. The van der Waals surface area contributed by atoms with Gasteiger partial charge in [-0.05, 0) is 24.6 Å². The Balaban J connectivity index is 3.23. The number of halogens is 1. The molecule has 1 aromatic rings. The van der Waals surface area contributed by atoms with E-state index in [2.05, 4.69) is 0 Å². The Kier molecular flexibility index (Phi) is 2.66. The molecule has 0 saturated heterocycles. The lowest BCUT2D eigenvalue weighted by Gasteiger charge is -2.05. The van der Waals surface area contributed by atoms with Crippen LogP contribution in [-0.4, -0.2) is 5.78 Å². The summed E-state index contributed by atoms with van der Waals surface area (Å²) >= 11 is 0. The number of Topliss-reactive ketones (excluding diaryl/α,β-unsaturated/α-hetero) is 1. The molecule has 0 radical (unpaired) electrons. The quantitative estimate of drug-likeness (QED) is 0.562. The molecular formula is C10H12FNO. The van der Waals surface area contributed by atoms with Crippen LogP contribution in [0.3, 0.4) is 0 Å². The fourth-order valence-corrected chi connectivity index (χ4v) is 1.14. The summed E-state index contributed by atoms with van der Waals surface area (Å²) in [5.74, 6) is -0.512. The SMILES string of the molecule is CCC(=O)c1cc(F)c(C)cc1N. The Morgan fingerprint density at radius 2 is 2.15 bits per heavy atom. The van der Waals surface area contributed by atoms with Crippen LogP contribution < -0.4 is 5.73 Å². The van der Waals surface area contributed by atoms with Crippen molar-refractivity contribution >= 4 is 11.5 Å². The number of hydrogen-bond donors (Lipinski definition) is 1. The maximum atomic E-state index is 13.0. The molecule has 0 aliphatic rings. The van der Waals surface area contributed by atoms with Crippen molar-refractivity contribution in [2.75, 3.05) is 5.73 Å². The summed E-state index contributed by atoms with van der Waals surface area (Å²) in [7, 11) is 0. The highest BCUT2D eigenvalue weighted by atomic mass is 19.1. The number of hydrogen-bond acceptors (Lipinski definition) is 2. The molecule has 0 spiro atoms. The Bertz CT molecular complexity index is 347. The van der Waals surface area contributed by atoms with Crippen molar-refractivity contribution in [2.45, 2.75) is 20.3 Å². The Morgan fingerprint density at radius 1 is 1.54 bits per heavy atom. The van der Waals surface area contributed by atoms with Crippen molar-refractivity contribution in [2.24, 2.45) is 0 Å². The van der Waals surface area contributed by atoms with E-state index in [1.807, 2.05) is 0 Å². The van der Waals surface area contributed by atoms with E-state index in [-0.39, 0.29) is 17.2 Å². The van der Waals surface area contributed by atoms with Gasteiger partial charge in [0, 0.05) is 17.7 Å². The molecule has 0 aliphatic carbocycles. The van der Waals surface area contributed by atoms with E-state index in [4.69, 9.17) is 5.73 Å². The maximum Gasteiger partial charge on any atom is 0.164 e. The zero-order valence-corrected chi connectivity index (χ0v) is 7.73. The lowest BCUT2D eigenvalue weighted by Crippen LogP contribution is -2.04. The maximum absolute atomic E-state index is 13.0. The molecule has 13 heavy (non-hydrogen) atoms. The van der Waals surface area contributed by atoms with E-state index < -0.39 is 0 Å². The second kappa shape index (κ2) is 3.56. The summed E-state index contributed by atoms with van der Waals surface area (Å²) < 4.78 is 13.0. The summed E-state index contributed by atoms with van der Waals surface area (Å²) in [5, 5.41) is 0. The highest BCUT2D eigenvalue weighted by molar-refractivity contribution is 6.00. The van der Waals surface area contributed by atoms with Crippen LogP contribution in [0.1, 0.15) is 29.3 Å². The van der Waals surface area contributed by atoms with Crippen molar-refractivity contribution in [1.29, 1.82) is 0 Å². The molecule has 1 rings (SSSR count). The highest BCUT2D eigenvalue weighted by Gasteiger charge is 2.10. The van der Waals surface area contributed by atoms with Crippen molar-refractivity contribution in [3.8, 4) is 0 Å². The van der Waals surface area contributed by atoms with Gasteiger partial charge in [-0.3, -0.25) is 4.79 Å². The average molecular weight is 181 g/mol. The molecule has 70 valence electrons. The van der Waals surface area contributed by atoms with Gasteiger partial charge in [0.1, 0.15) is 5.82 Å². The minimum absolute atomic E-state index is 0.128. The highest BCUT2D eigenvalue weighted by Crippen LogP contribution is 2.18. The van der Waals surface area contributed by atoms with Gasteiger partial charge in [0.25, 0.3) is 0 Å². The minimum Gasteiger partial charge on any atom is -0.398 e. The minimum atomic E-state index is -0.383. The third kappa shape index (κ3) is 1.86. The molecule has 0 aromatic heterocycles. The summed E-state index contributed by atoms with van der Waals surface area (Å²) in [6, 6.07) is 2.69. The van der Waals surface area contributed by atoms with Gasteiger partial charge in [0.2, 0.25) is 0 Å². The molecule has 1 aromatic carbocycles. The van der Waals surface area contributed by atoms with Crippen LogP contribution in [0.4, 0.5) is 10.1 Å². The normalized spacial score (nSPS) is 10.1. The lowest BCUT2D eigenvalue weighted by molar-refractivity contribution is 0.0988. The van der Waals surface area contributed by atoms with Crippen LogP contribution in [0.15, 0.2) is 12.1 Å². The monoisotopic (exact) mass is 181 g/mol. The predicted molar refractivity (Wildman–Crippen MR) is 50.2 cm³/mol. The summed E-state index contributed by atoms with van der Waals surface area (Å²) in [5.41, 5.74) is 6.68. The van der Waals surface area contributed by atoms with Gasteiger partial charge < -0.3 is 5.73 Å². The third-order valence-electron chi connectivity index (χ3n) is 1.95. The van der Waals surface area contributed by atoms with E-state index in [1.54, 1.807) is 13.8 Å². The van der Waals surface area contributed by atoms with Crippen LogP contribution >= 0.6 is 0 Å². The van der Waals surface area contributed by atoms with Crippen LogP contribution in [0.25, 0.3) is 0 Å². The van der Waals surface area contributed by atoms with Crippen LogP contribution in [0.5, 0.6) is 0 Å². The summed E-state index contributed by atoms with van der Waals surface area (Å²) in [4.78, 5) is 11.3. The first-order valence-electron chi connectivity index (χ1n) is 4.15.